The summed E-state index contributed by atoms with van der Waals surface area (Å²) in [5.41, 5.74) is 1.08. The van der Waals surface area contributed by atoms with Gasteiger partial charge in [-0.15, -0.1) is 11.6 Å². The number of benzene rings is 1. The van der Waals surface area contributed by atoms with E-state index in [-0.39, 0.29) is 17.2 Å². The maximum absolute atomic E-state index is 12.3. The highest BCUT2D eigenvalue weighted by Crippen LogP contribution is 2.27. The predicted octanol–water partition coefficient (Wildman–Crippen LogP) is 3.56. The Bertz CT molecular complexity index is 364. The Morgan fingerprint density at radius 2 is 1.89 bits per heavy atom. The molecule has 1 aromatic rings. The van der Waals surface area contributed by atoms with Crippen LogP contribution in [0.25, 0.3) is 0 Å². The monoisotopic (exact) mass is 267 g/mol. The summed E-state index contributed by atoms with van der Waals surface area (Å²) in [6, 6.07) is 9.95. The smallest absolute Gasteiger partial charge is 0.227 e. The first-order valence-corrected chi connectivity index (χ1v) is 6.96. The zero-order chi connectivity index (χ0) is 13.5. The third-order valence-corrected chi connectivity index (χ3v) is 3.37. The van der Waals surface area contributed by atoms with E-state index in [0.29, 0.717) is 12.5 Å². The Morgan fingerprint density at radius 3 is 2.39 bits per heavy atom. The molecule has 0 saturated carbocycles. The summed E-state index contributed by atoms with van der Waals surface area (Å²) in [5.74, 6) is 0.299. The zero-order valence-electron chi connectivity index (χ0n) is 11.3. The van der Waals surface area contributed by atoms with Gasteiger partial charge in [0, 0.05) is 11.9 Å². The zero-order valence-corrected chi connectivity index (χ0v) is 12.1. The molecule has 3 unspecified atom stereocenters. The molecule has 0 fully saturated rings. The van der Waals surface area contributed by atoms with Crippen LogP contribution < -0.4 is 5.32 Å². The number of hydrogen-bond donors (Lipinski definition) is 1. The number of alkyl halides is 1. The van der Waals surface area contributed by atoms with Crippen LogP contribution in [0, 0.1) is 5.92 Å². The van der Waals surface area contributed by atoms with Gasteiger partial charge in [0.1, 0.15) is 0 Å². The SMILES string of the molecule is CCC(C)C(C(=O)NCC(C)Cl)c1ccccc1. The van der Waals surface area contributed by atoms with E-state index in [2.05, 4.69) is 19.2 Å². The Hall–Kier alpha value is -1.02. The van der Waals surface area contributed by atoms with Gasteiger partial charge < -0.3 is 5.32 Å². The quantitative estimate of drug-likeness (QED) is 0.785. The fourth-order valence-electron chi connectivity index (χ4n) is 1.99. The van der Waals surface area contributed by atoms with Gasteiger partial charge in [-0.2, -0.15) is 0 Å². The number of halogens is 1. The van der Waals surface area contributed by atoms with Gasteiger partial charge in [0.15, 0.2) is 0 Å². The summed E-state index contributed by atoms with van der Waals surface area (Å²) >= 11 is 5.87. The molecule has 0 radical (unpaired) electrons. The molecule has 1 rings (SSSR count). The Labute approximate surface area is 115 Å². The molecule has 1 N–H and O–H groups in total. The molecule has 0 saturated heterocycles. The molecule has 1 aromatic carbocycles. The van der Waals surface area contributed by atoms with E-state index >= 15 is 0 Å². The number of carbonyl (C=O) groups is 1. The molecule has 0 spiro atoms. The van der Waals surface area contributed by atoms with E-state index in [9.17, 15) is 4.79 Å². The molecule has 0 aliphatic heterocycles. The van der Waals surface area contributed by atoms with Crippen molar-refractivity contribution in [1.82, 2.24) is 5.32 Å². The third-order valence-electron chi connectivity index (χ3n) is 3.21. The van der Waals surface area contributed by atoms with Gasteiger partial charge in [0.2, 0.25) is 5.91 Å². The van der Waals surface area contributed by atoms with Crippen LogP contribution in [0.3, 0.4) is 0 Å². The second-order valence-corrected chi connectivity index (χ2v) is 5.54. The second kappa shape index (κ2) is 7.42. The molecule has 100 valence electrons. The van der Waals surface area contributed by atoms with Crippen LogP contribution in [0.2, 0.25) is 0 Å². The average Bonchev–Trinajstić information content (AvgIpc) is 2.37. The van der Waals surface area contributed by atoms with Crippen LogP contribution in [-0.2, 0) is 4.79 Å². The Balaban J connectivity index is 2.82. The van der Waals surface area contributed by atoms with Crippen molar-refractivity contribution in [2.24, 2.45) is 5.92 Å². The van der Waals surface area contributed by atoms with Crippen LogP contribution in [0.1, 0.15) is 38.7 Å². The van der Waals surface area contributed by atoms with Crippen LogP contribution >= 0.6 is 11.6 Å². The molecular formula is C15H22ClNO. The lowest BCUT2D eigenvalue weighted by molar-refractivity contribution is -0.123. The minimum absolute atomic E-state index is 0.0395. The van der Waals surface area contributed by atoms with Crippen LogP contribution in [-0.4, -0.2) is 17.8 Å². The van der Waals surface area contributed by atoms with Gasteiger partial charge in [-0.05, 0) is 18.4 Å². The fraction of sp³-hybridized carbons (Fsp3) is 0.533. The van der Waals surface area contributed by atoms with Crippen molar-refractivity contribution in [3.63, 3.8) is 0 Å². The minimum atomic E-state index is -0.0911. The summed E-state index contributed by atoms with van der Waals surface area (Å²) in [7, 11) is 0. The highest BCUT2D eigenvalue weighted by molar-refractivity contribution is 6.20. The first kappa shape index (κ1) is 15.0. The van der Waals surface area contributed by atoms with E-state index in [4.69, 9.17) is 11.6 Å². The molecule has 0 aromatic heterocycles. The normalized spacial score (nSPS) is 15.8. The van der Waals surface area contributed by atoms with Crippen molar-refractivity contribution in [2.75, 3.05) is 6.54 Å². The third kappa shape index (κ3) is 4.34. The second-order valence-electron chi connectivity index (χ2n) is 4.80. The summed E-state index contributed by atoms with van der Waals surface area (Å²) < 4.78 is 0. The van der Waals surface area contributed by atoms with Crippen molar-refractivity contribution in [3.05, 3.63) is 35.9 Å². The van der Waals surface area contributed by atoms with Crippen molar-refractivity contribution in [2.45, 2.75) is 38.5 Å². The Morgan fingerprint density at radius 1 is 1.28 bits per heavy atom. The fourth-order valence-corrected chi connectivity index (χ4v) is 2.06. The lowest BCUT2D eigenvalue weighted by atomic mass is 9.85. The molecular weight excluding hydrogens is 246 g/mol. The molecule has 2 nitrogen and oxygen atoms in total. The van der Waals surface area contributed by atoms with Crippen molar-refractivity contribution in [3.8, 4) is 0 Å². The number of hydrogen-bond acceptors (Lipinski definition) is 1. The highest BCUT2D eigenvalue weighted by atomic mass is 35.5. The predicted molar refractivity (Wildman–Crippen MR) is 77.0 cm³/mol. The number of rotatable bonds is 6. The van der Waals surface area contributed by atoms with Crippen molar-refractivity contribution in [1.29, 1.82) is 0 Å². The lowest BCUT2D eigenvalue weighted by Gasteiger charge is -2.23. The number of amides is 1. The van der Waals surface area contributed by atoms with E-state index in [1.54, 1.807) is 0 Å². The molecule has 0 heterocycles. The van der Waals surface area contributed by atoms with Gasteiger partial charge in [0.25, 0.3) is 0 Å². The lowest BCUT2D eigenvalue weighted by Crippen LogP contribution is -2.35. The molecule has 0 bridgehead atoms. The van der Waals surface area contributed by atoms with Crippen LogP contribution in [0.5, 0.6) is 0 Å². The first-order chi connectivity index (χ1) is 8.56. The summed E-state index contributed by atoms with van der Waals surface area (Å²) in [6.45, 7) is 6.61. The van der Waals surface area contributed by atoms with Gasteiger partial charge in [-0.1, -0.05) is 50.6 Å². The highest BCUT2D eigenvalue weighted by Gasteiger charge is 2.25. The van der Waals surface area contributed by atoms with Gasteiger partial charge >= 0.3 is 0 Å². The molecule has 0 aliphatic rings. The molecule has 3 heteroatoms. The minimum Gasteiger partial charge on any atom is -0.354 e. The summed E-state index contributed by atoms with van der Waals surface area (Å²) in [4.78, 5) is 12.3. The first-order valence-electron chi connectivity index (χ1n) is 6.53. The van der Waals surface area contributed by atoms with E-state index in [0.717, 1.165) is 12.0 Å². The topological polar surface area (TPSA) is 29.1 Å². The number of carbonyl (C=O) groups excluding carboxylic acids is 1. The average molecular weight is 268 g/mol. The summed E-state index contributed by atoms with van der Waals surface area (Å²) in [5, 5.41) is 2.89. The maximum Gasteiger partial charge on any atom is 0.227 e. The molecule has 18 heavy (non-hydrogen) atoms. The van der Waals surface area contributed by atoms with Crippen LogP contribution in [0.15, 0.2) is 30.3 Å². The Kier molecular flexibility index (Phi) is 6.20. The number of nitrogens with one attached hydrogen (secondary N) is 1. The molecule has 3 atom stereocenters. The van der Waals surface area contributed by atoms with E-state index < -0.39 is 0 Å². The van der Waals surface area contributed by atoms with E-state index in [1.807, 2.05) is 37.3 Å². The van der Waals surface area contributed by atoms with Crippen molar-refractivity contribution < 1.29 is 4.79 Å². The van der Waals surface area contributed by atoms with Gasteiger partial charge in [0.05, 0.1) is 5.92 Å². The standard InChI is InChI=1S/C15H22ClNO/c1-4-11(2)14(13-8-6-5-7-9-13)15(18)17-10-12(3)16/h5-9,11-12,14H,4,10H2,1-3H3,(H,17,18). The van der Waals surface area contributed by atoms with Crippen molar-refractivity contribution >= 4 is 17.5 Å². The van der Waals surface area contributed by atoms with Crippen LogP contribution in [0.4, 0.5) is 0 Å². The van der Waals surface area contributed by atoms with E-state index in [1.165, 1.54) is 0 Å². The molecule has 0 aliphatic carbocycles. The van der Waals surface area contributed by atoms with Gasteiger partial charge in [-0.3, -0.25) is 4.79 Å². The maximum atomic E-state index is 12.3. The summed E-state index contributed by atoms with van der Waals surface area (Å²) in [6.07, 6.45) is 0.976. The van der Waals surface area contributed by atoms with Gasteiger partial charge in [-0.25, -0.2) is 0 Å². The molecule has 1 amide bonds. The largest absolute Gasteiger partial charge is 0.354 e.